The number of nitrogen functional groups attached to an aromatic ring is 1. The molecule has 1 amide bonds. The monoisotopic (exact) mass is 288 g/mol. The van der Waals surface area contributed by atoms with E-state index in [1.807, 2.05) is 24.3 Å². The number of aryl methyl sites for hydroxylation is 1. The van der Waals surface area contributed by atoms with Crippen molar-refractivity contribution in [2.45, 2.75) is 19.8 Å². The molecule has 2 rings (SSSR count). The SMILES string of the molecule is CCCc1ccccc1NC(=O)c1ccc(N)cc1Cl. The number of hydrogen-bond donors (Lipinski definition) is 2. The first-order chi connectivity index (χ1) is 9.61. The lowest BCUT2D eigenvalue weighted by Crippen LogP contribution is -2.14. The van der Waals surface area contributed by atoms with Crippen LogP contribution in [0.1, 0.15) is 29.3 Å². The maximum atomic E-state index is 12.3. The summed E-state index contributed by atoms with van der Waals surface area (Å²) in [4.78, 5) is 12.3. The lowest BCUT2D eigenvalue weighted by atomic mass is 10.1. The average Bonchev–Trinajstić information content (AvgIpc) is 2.41. The molecule has 0 spiro atoms. The third-order valence-electron chi connectivity index (χ3n) is 3.02. The van der Waals surface area contributed by atoms with Crippen molar-refractivity contribution in [3.05, 3.63) is 58.6 Å². The molecule has 0 aliphatic heterocycles. The lowest BCUT2D eigenvalue weighted by Gasteiger charge is -2.11. The number of nitrogens with two attached hydrogens (primary N) is 1. The van der Waals surface area contributed by atoms with Gasteiger partial charge in [-0.1, -0.05) is 43.1 Å². The van der Waals surface area contributed by atoms with Gasteiger partial charge in [-0.3, -0.25) is 4.79 Å². The second-order valence-corrected chi connectivity index (χ2v) is 5.01. The number of amides is 1. The number of anilines is 2. The summed E-state index contributed by atoms with van der Waals surface area (Å²) < 4.78 is 0. The number of carbonyl (C=O) groups is 1. The molecule has 104 valence electrons. The fraction of sp³-hybridized carbons (Fsp3) is 0.188. The van der Waals surface area contributed by atoms with Gasteiger partial charge in [0.2, 0.25) is 0 Å². The molecule has 0 unspecified atom stereocenters. The molecule has 3 N–H and O–H groups in total. The standard InChI is InChI=1S/C16H17ClN2O/c1-2-5-11-6-3-4-7-15(11)19-16(20)13-9-8-12(18)10-14(13)17/h3-4,6-10H,2,5,18H2,1H3,(H,19,20). The third-order valence-corrected chi connectivity index (χ3v) is 3.34. The van der Waals surface area contributed by atoms with Gasteiger partial charge in [-0.15, -0.1) is 0 Å². The Balaban J connectivity index is 2.23. The van der Waals surface area contributed by atoms with Crippen molar-refractivity contribution in [1.82, 2.24) is 0 Å². The number of nitrogens with one attached hydrogen (secondary N) is 1. The highest BCUT2D eigenvalue weighted by Gasteiger charge is 2.12. The molecule has 0 heterocycles. The van der Waals surface area contributed by atoms with Gasteiger partial charge in [0.05, 0.1) is 10.6 Å². The van der Waals surface area contributed by atoms with Crippen LogP contribution in [-0.4, -0.2) is 5.91 Å². The number of para-hydroxylation sites is 1. The molecule has 3 nitrogen and oxygen atoms in total. The summed E-state index contributed by atoms with van der Waals surface area (Å²) in [5.74, 6) is -0.224. The largest absolute Gasteiger partial charge is 0.399 e. The molecule has 20 heavy (non-hydrogen) atoms. The zero-order valence-electron chi connectivity index (χ0n) is 11.3. The molecule has 2 aromatic carbocycles. The van der Waals surface area contributed by atoms with E-state index in [0.717, 1.165) is 24.1 Å². The van der Waals surface area contributed by atoms with E-state index in [2.05, 4.69) is 12.2 Å². The summed E-state index contributed by atoms with van der Waals surface area (Å²) in [5, 5.41) is 3.26. The van der Waals surface area contributed by atoms with E-state index in [0.29, 0.717) is 16.3 Å². The maximum absolute atomic E-state index is 12.3. The van der Waals surface area contributed by atoms with Gasteiger partial charge in [0.25, 0.3) is 5.91 Å². The summed E-state index contributed by atoms with van der Waals surface area (Å²) in [7, 11) is 0. The van der Waals surface area contributed by atoms with Gasteiger partial charge in [-0.2, -0.15) is 0 Å². The van der Waals surface area contributed by atoms with E-state index >= 15 is 0 Å². The molecule has 0 fully saturated rings. The maximum Gasteiger partial charge on any atom is 0.257 e. The van der Waals surface area contributed by atoms with Crippen molar-refractivity contribution < 1.29 is 4.79 Å². The van der Waals surface area contributed by atoms with E-state index in [1.54, 1.807) is 18.2 Å². The van der Waals surface area contributed by atoms with Crippen molar-refractivity contribution >= 4 is 28.9 Å². The predicted octanol–water partition coefficient (Wildman–Crippen LogP) is 4.13. The molecular weight excluding hydrogens is 272 g/mol. The molecule has 0 radical (unpaired) electrons. The Morgan fingerprint density at radius 1 is 1.25 bits per heavy atom. The average molecular weight is 289 g/mol. The van der Waals surface area contributed by atoms with E-state index in [1.165, 1.54) is 0 Å². The van der Waals surface area contributed by atoms with Crippen LogP contribution in [0.4, 0.5) is 11.4 Å². The highest BCUT2D eigenvalue weighted by atomic mass is 35.5. The van der Waals surface area contributed by atoms with Gasteiger partial charge >= 0.3 is 0 Å². The Hall–Kier alpha value is -2.00. The topological polar surface area (TPSA) is 55.1 Å². The number of hydrogen-bond acceptors (Lipinski definition) is 2. The zero-order chi connectivity index (χ0) is 14.5. The fourth-order valence-electron chi connectivity index (χ4n) is 2.03. The second-order valence-electron chi connectivity index (χ2n) is 4.60. The van der Waals surface area contributed by atoms with Crippen LogP contribution in [0, 0.1) is 0 Å². The van der Waals surface area contributed by atoms with Crippen LogP contribution < -0.4 is 11.1 Å². The number of carbonyl (C=O) groups excluding carboxylic acids is 1. The van der Waals surface area contributed by atoms with Gasteiger partial charge in [0.1, 0.15) is 0 Å². The molecule has 0 saturated carbocycles. The smallest absolute Gasteiger partial charge is 0.257 e. The van der Waals surface area contributed by atoms with Gasteiger partial charge in [0, 0.05) is 11.4 Å². The van der Waals surface area contributed by atoms with Gasteiger partial charge < -0.3 is 11.1 Å². The minimum Gasteiger partial charge on any atom is -0.399 e. The molecule has 0 aliphatic rings. The minimum absolute atomic E-state index is 0.224. The summed E-state index contributed by atoms with van der Waals surface area (Å²) in [6, 6.07) is 12.7. The molecule has 0 aromatic heterocycles. The minimum atomic E-state index is -0.224. The molecule has 0 bridgehead atoms. The Morgan fingerprint density at radius 2 is 2.00 bits per heavy atom. The van der Waals surface area contributed by atoms with Crippen LogP contribution >= 0.6 is 11.6 Å². The van der Waals surface area contributed by atoms with E-state index in [9.17, 15) is 4.79 Å². The third kappa shape index (κ3) is 3.31. The van der Waals surface area contributed by atoms with Gasteiger partial charge in [0.15, 0.2) is 0 Å². The summed E-state index contributed by atoms with van der Waals surface area (Å²) >= 11 is 6.05. The Bertz CT molecular complexity index is 626. The van der Waals surface area contributed by atoms with Crippen molar-refractivity contribution in [1.29, 1.82) is 0 Å². The van der Waals surface area contributed by atoms with E-state index < -0.39 is 0 Å². The molecule has 0 aliphatic carbocycles. The van der Waals surface area contributed by atoms with Crippen LogP contribution in [0.3, 0.4) is 0 Å². The van der Waals surface area contributed by atoms with Gasteiger partial charge in [-0.25, -0.2) is 0 Å². The van der Waals surface area contributed by atoms with Crippen molar-refractivity contribution in [2.75, 3.05) is 11.1 Å². The van der Waals surface area contributed by atoms with Crippen molar-refractivity contribution in [3.63, 3.8) is 0 Å². The van der Waals surface area contributed by atoms with E-state index in [-0.39, 0.29) is 5.91 Å². The molecular formula is C16H17ClN2O. The summed E-state index contributed by atoms with van der Waals surface area (Å²) in [6.45, 7) is 2.11. The molecule has 2 aromatic rings. The number of halogens is 1. The van der Waals surface area contributed by atoms with Crippen LogP contribution in [0.15, 0.2) is 42.5 Å². The first-order valence-corrected chi connectivity index (χ1v) is 6.94. The Kier molecular flexibility index (Phi) is 4.64. The Morgan fingerprint density at radius 3 is 2.70 bits per heavy atom. The Labute approximate surface area is 123 Å². The highest BCUT2D eigenvalue weighted by molar-refractivity contribution is 6.34. The van der Waals surface area contributed by atoms with Gasteiger partial charge in [-0.05, 0) is 36.2 Å². The fourth-order valence-corrected chi connectivity index (χ4v) is 2.31. The summed E-state index contributed by atoms with van der Waals surface area (Å²) in [6.07, 6.45) is 1.95. The number of benzene rings is 2. The van der Waals surface area contributed by atoms with Crippen LogP contribution in [0.5, 0.6) is 0 Å². The molecule has 4 heteroatoms. The lowest BCUT2D eigenvalue weighted by molar-refractivity contribution is 0.102. The first kappa shape index (κ1) is 14.4. The van der Waals surface area contributed by atoms with Crippen molar-refractivity contribution in [2.24, 2.45) is 0 Å². The molecule has 0 saturated heterocycles. The van der Waals surface area contributed by atoms with Crippen LogP contribution in [0.25, 0.3) is 0 Å². The first-order valence-electron chi connectivity index (χ1n) is 6.56. The predicted molar refractivity (Wildman–Crippen MR) is 84.3 cm³/mol. The highest BCUT2D eigenvalue weighted by Crippen LogP contribution is 2.22. The second kappa shape index (κ2) is 6.44. The van der Waals surface area contributed by atoms with Crippen LogP contribution in [0.2, 0.25) is 5.02 Å². The van der Waals surface area contributed by atoms with Crippen LogP contribution in [-0.2, 0) is 6.42 Å². The van der Waals surface area contributed by atoms with Crippen molar-refractivity contribution in [3.8, 4) is 0 Å². The number of rotatable bonds is 4. The molecule has 0 atom stereocenters. The van der Waals surface area contributed by atoms with E-state index in [4.69, 9.17) is 17.3 Å². The zero-order valence-corrected chi connectivity index (χ0v) is 12.1. The normalized spacial score (nSPS) is 10.3. The summed E-state index contributed by atoms with van der Waals surface area (Å²) in [5.41, 5.74) is 8.54. The quantitative estimate of drug-likeness (QED) is 0.831.